The smallest absolute Gasteiger partial charge is 0.262 e. The fourth-order valence-electron chi connectivity index (χ4n) is 2.05. The van der Waals surface area contributed by atoms with E-state index in [0.29, 0.717) is 17.0 Å². The van der Waals surface area contributed by atoms with Crippen LogP contribution in [0, 0.1) is 13.8 Å². The van der Waals surface area contributed by atoms with Crippen molar-refractivity contribution >= 4 is 17.4 Å². The summed E-state index contributed by atoms with van der Waals surface area (Å²) in [7, 11) is 0. The van der Waals surface area contributed by atoms with Crippen molar-refractivity contribution in [3.05, 3.63) is 53.6 Å². The molecule has 0 aliphatic heterocycles. The van der Waals surface area contributed by atoms with Gasteiger partial charge in [0.1, 0.15) is 11.4 Å². The van der Waals surface area contributed by atoms with Gasteiger partial charge < -0.3 is 5.32 Å². The number of rotatable bonds is 2. The number of aromatic nitrogens is 4. The molecule has 1 amide bonds. The zero-order chi connectivity index (χ0) is 14.1. The van der Waals surface area contributed by atoms with Crippen LogP contribution in [0.1, 0.15) is 21.7 Å². The summed E-state index contributed by atoms with van der Waals surface area (Å²) in [5.74, 6) is 0.234. The Balaban J connectivity index is 2.00. The van der Waals surface area contributed by atoms with E-state index in [4.69, 9.17) is 0 Å². The lowest BCUT2D eigenvalue weighted by Crippen LogP contribution is -2.13. The van der Waals surface area contributed by atoms with E-state index in [-0.39, 0.29) is 5.91 Å². The van der Waals surface area contributed by atoms with E-state index in [1.54, 1.807) is 22.8 Å². The number of aryl methyl sites for hydroxylation is 2. The molecule has 20 heavy (non-hydrogen) atoms. The number of nitrogens with one attached hydrogen (secondary N) is 1. The summed E-state index contributed by atoms with van der Waals surface area (Å²) >= 11 is 0. The predicted octanol–water partition coefficient (Wildman–Crippen LogP) is 1.99. The highest BCUT2D eigenvalue weighted by Gasteiger charge is 2.15. The second-order valence-electron chi connectivity index (χ2n) is 4.50. The molecule has 3 heterocycles. The molecule has 6 nitrogen and oxygen atoms in total. The standard InChI is InChI=1S/C14H13N5O/c1-9-7-10(2)19-13(17-9)11(8-16-19)14(20)18-12-5-3-4-6-15-12/h3-8H,1-2H3,(H,15,18,20). The van der Waals surface area contributed by atoms with Crippen molar-refractivity contribution < 1.29 is 4.79 Å². The number of pyridine rings is 1. The first-order chi connectivity index (χ1) is 9.65. The average molecular weight is 267 g/mol. The second kappa shape index (κ2) is 4.73. The molecule has 0 aliphatic rings. The Kier molecular flexibility index (Phi) is 2.90. The fourth-order valence-corrected chi connectivity index (χ4v) is 2.05. The topological polar surface area (TPSA) is 72.2 Å². The Labute approximate surface area is 115 Å². The molecule has 6 heteroatoms. The van der Waals surface area contributed by atoms with E-state index in [9.17, 15) is 4.79 Å². The van der Waals surface area contributed by atoms with Crippen LogP contribution >= 0.6 is 0 Å². The van der Waals surface area contributed by atoms with Gasteiger partial charge in [0.2, 0.25) is 0 Å². The summed E-state index contributed by atoms with van der Waals surface area (Å²) in [6, 6.07) is 7.25. The van der Waals surface area contributed by atoms with Crippen LogP contribution in [-0.2, 0) is 0 Å². The monoisotopic (exact) mass is 267 g/mol. The molecule has 0 saturated carbocycles. The van der Waals surface area contributed by atoms with Gasteiger partial charge in [0.15, 0.2) is 5.65 Å². The lowest BCUT2D eigenvalue weighted by atomic mass is 10.3. The van der Waals surface area contributed by atoms with Crippen molar-refractivity contribution in [3.63, 3.8) is 0 Å². The van der Waals surface area contributed by atoms with Crippen LogP contribution in [0.3, 0.4) is 0 Å². The van der Waals surface area contributed by atoms with Gasteiger partial charge in [-0.15, -0.1) is 0 Å². The van der Waals surface area contributed by atoms with Crippen molar-refractivity contribution in [3.8, 4) is 0 Å². The molecular weight excluding hydrogens is 254 g/mol. The van der Waals surface area contributed by atoms with E-state index in [1.165, 1.54) is 6.20 Å². The molecule has 3 aromatic rings. The third-order valence-electron chi connectivity index (χ3n) is 2.93. The summed E-state index contributed by atoms with van der Waals surface area (Å²) in [6.07, 6.45) is 3.14. The quantitative estimate of drug-likeness (QED) is 0.770. The van der Waals surface area contributed by atoms with Crippen LogP contribution < -0.4 is 5.32 Å². The number of nitrogens with zero attached hydrogens (tertiary/aromatic N) is 4. The highest BCUT2D eigenvalue weighted by Crippen LogP contribution is 2.13. The summed E-state index contributed by atoms with van der Waals surface area (Å²) in [5.41, 5.74) is 2.77. The van der Waals surface area contributed by atoms with Crippen LogP contribution in [0.15, 0.2) is 36.7 Å². The first-order valence-electron chi connectivity index (χ1n) is 6.19. The van der Waals surface area contributed by atoms with Crippen LogP contribution in [0.5, 0.6) is 0 Å². The largest absolute Gasteiger partial charge is 0.306 e. The van der Waals surface area contributed by atoms with Crippen LogP contribution in [0.25, 0.3) is 5.65 Å². The zero-order valence-corrected chi connectivity index (χ0v) is 11.2. The third-order valence-corrected chi connectivity index (χ3v) is 2.93. The molecule has 0 radical (unpaired) electrons. The van der Waals surface area contributed by atoms with Crippen molar-refractivity contribution in [1.82, 2.24) is 19.6 Å². The third kappa shape index (κ3) is 2.11. The van der Waals surface area contributed by atoms with Gasteiger partial charge in [0.05, 0.1) is 6.20 Å². The van der Waals surface area contributed by atoms with E-state index < -0.39 is 0 Å². The van der Waals surface area contributed by atoms with Gasteiger partial charge in [0, 0.05) is 17.6 Å². The molecule has 0 aromatic carbocycles. The number of amides is 1. The molecule has 0 fully saturated rings. The van der Waals surface area contributed by atoms with Gasteiger partial charge in [-0.25, -0.2) is 14.5 Å². The lowest BCUT2D eigenvalue weighted by molar-refractivity contribution is 0.102. The maximum Gasteiger partial charge on any atom is 0.262 e. The number of fused-ring (bicyclic) bond motifs is 1. The Hall–Kier alpha value is -2.76. The Morgan fingerprint density at radius 3 is 2.90 bits per heavy atom. The molecule has 1 N–H and O–H groups in total. The summed E-state index contributed by atoms with van der Waals surface area (Å²) in [4.78, 5) is 20.7. The highest BCUT2D eigenvalue weighted by molar-refractivity contribution is 6.07. The van der Waals surface area contributed by atoms with Gasteiger partial charge in [-0.2, -0.15) is 5.10 Å². The van der Waals surface area contributed by atoms with Crippen molar-refractivity contribution in [2.24, 2.45) is 0 Å². The van der Waals surface area contributed by atoms with Crippen molar-refractivity contribution in [2.75, 3.05) is 5.32 Å². The Morgan fingerprint density at radius 2 is 2.15 bits per heavy atom. The van der Waals surface area contributed by atoms with E-state index >= 15 is 0 Å². The van der Waals surface area contributed by atoms with Gasteiger partial charge in [-0.3, -0.25) is 4.79 Å². The lowest BCUT2D eigenvalue weighted by Gasteiger charge is -2.04. The van der Waals surface area contributed by atoms with Gasteiger partial charge in [0.25, 0.3) is 5.91 Å². The van der Waals surface area contributed by atoms with Crippen LogP contribution in [0.4, 0.5) is 5.82 Å². The van der Waals surface area contributed by atoms with Crippen LogP contribution in [0.2, 0.25) is 0 Å². The maximum atomic E-state index is 12.3. The highest BCUT2D eigenvalue weighted by atomic mass is 16.1. The molecular formula is C14H13N5O. The van der Waals surface area contributed by atoms with E-state index in [2.05, 4.69) is 20.4 Å². The number of carbonyl (C=O) groups is 1. The normalized spacial score (nSPS) is 10.7. The van der Waals surface area contributed by atoms with Crippen LogP contribution in [-0.4, -0.2) is 25.5 Å². The minimum atomic E-state index is -0.267. The predicted molar refractivity (Wildman–Crippen MR) is 74.7 cm³/mol. The first-order valence-corrected chi connectivity index (χ1v) is 6.19. The summed E-state index contributed by atoms with van der Waals surface area (Å²) in [5, 5.41) is 6.93. The summed E-state index contributed by atoms with van der Waals surface area (Å²) < 4.78 is 1.65. The minimum absolute atomic E-state index is 0.267. The number of carbonyl (C=O) groups excluding carboxylic acids is 1. The maximum absolute atomic E-state index is 12.3. The molecule has 3 rings (SSSR count). The minimum Gasteiger partial charge on any atom is -0.306 e. The molecule has 0 aliphatic carbocycles. The van der Waals surface area contributed by atoms with Crippen molar-refractivity contribution in [1.29, 1.82) is 0 Å². The molecule has 0 unspecified atom stereocenters. The number of hydrogen-bond acceptors (Lipinski definition) is 4. The van der Waals surface area contributed by atoms with E-state index in [1.807, 2.05) is 26.0 Å². The average Bonchev–Trinajstić information content (AvgIpc) is 2.84. The number of hydrogen-bond donors (Lipinski definition) is 1. The molecule has 0 atom stereocenters. The second-order valence-corrected chi connectivity index (χ2v) is 4.50. The molecule has 0 bridgehead atoms. The summed E-state index contributed by atoms with van der Waals surface area (Å²) in [6.45, 7) is 3.82. The molecule has 3 aromatic heterocycles. The molecule has 0 saturated heterocycles. The van der Waals surface area contributed by atoms with Gasteiger partial charge in [-0.05, 0) is 32.0 Å². The van der Waals surface area contributed by atoms with Crippen molar-refractivity contribution in [2.45, 2.75) is 13.8 Å². The molecule has 0 spiro atoms. The SMILES string of the molecule is Cc1cc(C)n2ncc(C(=O)Nc3ccccn3)c2n1. The first kappa shape index (κ1) is 12.3. The van der Waals surface area contributed by atoms with Gasteiger partial charge >= 0.3 is 0 Å². The molecule has 100 valence electrons. The van der Waals surface area contributed by atoms with Gasteiger partial charge in [-0.1, -0.05) is 6.07 Å². The van der Waals surface area contributed by atoms with E-state index in [0.717, 1.165) is 11.4 Å². The zero-order valence-electron chi connectivity index (χ0n) is 11.2. The fraction of sp³-hybridized carbons (Fsp3) is 0.143. The Bertz CT molecular complexity index is 779. The number of anilines is 1. The Morgan fingerprint density at radius 1 is 1.30 bits per heavy atom.